The first-order valence-electron chi connectivity index (χ1n) is 24.0. The predicted octanol–water partition coefficient (Wildman–Crippen LogP) is 11.1. The van der Waals surface area contributed by atoms with Gasteiger partial charge in [0.25, 0.3) is 0 Å². The van der Waals surface area contributed by atoms with Gasteiger partial charge in [0, 0.05) is 54.6 Å². The van der Waals surface area contributed by atoms with Gasteiger partial charge in [0.2, 0.25) is 0 Å². The molecule has 0 N–H and O–H groups in total. The van der Waals surface area contributed by atoms with Crippen LogP contribution in [0, 0.1) is 23.1 Å². The van der Waals surface area contributed by atoms with E-state index in [1.54, 1.807) is 6.07 Å². The molecule has 66 heavy (non-hydrogen) atoms. The van der Waals surface area contributed by atoms with Gasteiger partial charge in [0.1, 0.15) is 49.5 Å². The van der Waals surface area contributed by atoms with Crippen molar-refractivity contribution >= 4 is 47.9 Å². The molecule has 11 nitrogen and oxygen atoms in total. The topological polar surface area (TPSA) is 107 Å². The number of hydrogen-bond acceptors (Lipinski definition) is 10. The zero-order valence-corrected chi connectivity index (χ0v) is 41.6. The van der Waals surface area contributed by atoms with Crippen LogP contribution >= 0.6 is 0 Å². The van der Waals surface area contributed by atoms with Crippen LogP contribution in [0.3, 0.4) is 0 Å². The van der Waals surface area contributed by atoms with Crippen molar-refractivity contribution in [1.82, 2.24) is 19.8 Å². The third-order valence-corrected chi connectivity index (χ3v) is 20.3. The van der Waals surface area contributed by atoms with Gasteiger partial charge in [0.05, 0.1) is 17.6 Å². The summed E-state index contributed by atoms with van der Waals surface area (Å²) in [5.41, 5.74) is 4.96. The molecule has 2 bridgehead atoms. The lowest BCUT2D eigenvalue weighted by atomic mass is 9.93. The maximum absolute atomic E-state index is 18.0. The van der Waals surface area contributed by atoms with Crippen LogP contribution in [-0.4, -0.2) is 111 Å². The molecule has 0 saturated carbocycles. The van der Waals surface area contributed by atoms with E-state index in [-0.39, 0.29) is 65.7 Å². The van der Waals surface area contributed by atoms with E-state index in [0.29, 0.717) is 64.0 Å². The number of carbonyl (C=O) groups is 2. The van der Waals surface area contributed by atoms with Crippen molar-refractivity contribution in [2.75, 3.05) is 51.6 Å². The third-order valence-electron chi connectivity index (χ3n) is 14.0. The second-order valence-corrected chi connectivity index (χ2v) is 25.9. The van der Waals surface area contributed by atoms with Crippen LogP contribution in [0.1, 0.15) is 113 Å². The number of likely N-dealkylation sites (tertiary alicyclic amines) is 1. The number of hydrogen-bond donors (Lipinski definition) is 0. The summed E-state index contributed by atoms with van der Waals surface area (Å²) in [6.45, 7) is 21.9. The van der Waals surface area contributed by atoms with Crippen LogP contribution in [0.15, 0.2) is 36.4 Å². The van der Waals surface area contributed by atoms with Crippen LogP contribution < -0.4 is 14.4 Å². The Labute approximate surface area is 390 Å². The van der Waals surface area contributed by atoms with Crippen molar-refractivity contribution in [3.63, 3.8) is 0 Å². The van der Waals surface area contributed by atoms with Gasteiger partial charge < -0.3 is 28.6 Å². The van der Waals surface area contributed by atoms with E-state index in [2.05, 4.69) is 57.9 Å². The summed E-state index contributed by atoms with van der Waals surface area (Å²) in [6, 6.07) is 10.3. The molecule has 4 aromatic rings. The molecule has 14 heteroatoms. The zero-order chi connectivity index (χ0) is 47.5. The summed E-state index contributed by atoms with van der Waals surface area (Å²) < 4.78 is 58.8. The first-order valence-corrected chi connectivity index (χ1v) is 26.2. The standard InChI is InChI=1S/C52H69F2N5O6Si/c1-33(2)66(34(3)4,35(5)6)25-21-36-16-14-17-37-26-41(64-32-62-10)27-42(45(36)37)46-44(53)28-43-48(47(46)54)55-50(63-31-40-18-15-23-57(40)22-12-11-13-24-60)56-49(43)58-29-38-19-20-39(30-58)59(38)51(61)65-52(7,8)9/h14,16-17,24,26-28,33-35,38-40H,11-13,15,18-20,22-23,29-32H2,1-10H3/t38?,39?,40-/m0/s1. The SMILES string of the molecule is COCOc1cc(-c2c(F)cc3c(N4CC5CCC(C4)N5C(=O)OC(C)(C)C)nc(OC[C@@H]4CCCN4CCCCC=O)nc3c2F)c2c(C#C[Si](C(C)C)(C(C)C)C(C)C)cccc2c1. The summed E-state index contributed by atoms with van der Waals surface area (Å²) in [5.74, 6) is 2.68. The third kappa shape index (κ3) is 10.2. The number of halogens is 2. The maximum atomic E-state index is 18.0. The van der Waals surface area contributed by atoms with Crippen molar-refractivity contribution in [2.24, 2.45) is 0 Å². The number of carbonyl (C=O) groups excluding carboxylic acids is 2. The number of fused-ring (bicyclic) bond motifs is 4. The highest BCUT2D eigenvalue weighted by Crippen LogP contribution is 2.44. The van der Waals surface area contributed by atoms with Crippen LogP contribution in [0.25, 0.3) is 32.8 Å². The molecular formula is C52H69F2N5O6Si. The molecule has 3 fully saturated rings. The number of rotatable bonds is 16. The second kappa shape index (κ2) is 20.6. The molecule has 0 spiro atoms. The fourth-order valence-corrected chi connectivity index (χ4v) is 16.2. The average molecular weight is 926 g/mol. The minimum absolute atomic E-state index is 0.00497. The highest BCUT2D eigenvalue weighted by atomic mass is 28.3. The number of piperazine rings is 1. The van der Waals surface area contributed by atoms with Gasteiger partial charge in [0.15, 0.2) is 12.6 Å². The molecule has 3 aliphatic rings. The Hall–Kier alpha value is -4.84. The summed E-state index contributed by atoms with van der Waals surface area (Å²) in [5, 5.41) is 1.54. The van der Waals surface area contributed by atoms with E-state index in [1.165, 1.54) is 13.2 Å². The number of unbranched alkanes of at least 4 members (excludes halogenated alkanes) is 2. The molecule has 1 amide bonds. The monoisotopic (exact) mass is 925 g/mol. The Morgan fingerprint density at radius 2 is 1.67 bits per heavy atom. The number of nitrogens with zero attached hydrogens (tertiary/aromatic N) is 5. The van der Waals surface area contributed by atoms with Crippen molar-refractivity contribution in [3.05, 3.63) is 53.6 Å². The average Bonchev–Trinajstić information content (AvgIpc) is 3.82. The molecule has 2 unspecified atom stereocenters. The van der Waals surface area contributed by atoms with Crippen molar-refractivity contribution in [1.29, 1.82) is 0 Å². The van der Waals surface area contributed by atoms with Crippen LogP contribution in [0.4, 0.5) is 19.4 Å². The summed E-state index contributed by atoms with van der Waals surface area (Å²) in [4.78, 5) is 40.3. The number of ether oxygens (including phenoxy) is 4. The van der Waals surface area contributed by atoms with Crippen LogP contribution in [0.5, 0.6) is 11.8 Å². The largest absolute Gasteiger partial charge is 0.468 e. The molecule has 356 valence electrons. The van der Waals surface area contributed by atoms with Gasteiger partial charge in [-0.2, -0.15) is 9.97 Å². The zero-order valence-electron chi connectivity index (χ0n) is 40.6. The molecule has 0 aliphatic carbocycles. The lowest BCUT2D eigenvalue weighted by molar-refractivity contribution is -0.107. The first-order chi connectivity index (χ1) is 31.5. The number of methoxy groups -OCH3 is 1. The lowest BCUT2D eigenvalue weighted by Crippen LogP contribution is -2.57. The van der Waals surface area contributed by atoms with E-state index < -0.39 is 25.3 Å². The number of anilines is 1. The quantitative estimate of drug-likeness (QED) is 0.0354. The van der Waals surface area contributed by atoms with E-state index in [1.807, 2.05) is 54.8 Å². The fraction of sp³-hybridized carbons (Fsp3) is 0.577. The Morgan fingerprint density at radius 3 is 2.32 bits per heavy atom. The molecule has 7 rings (SSSR count). The normalized spacial score (nSPS) is 19.0. The van der Waals surface area contributed by atoms with E-state index >= 15 is 8.78 Å². The highest BCUT2D eigenvalue weighted by molar-refractivity contribution is 6.90. The van der Waals surface area contributed by atoms with Gasteiger partial charge in [-0.1, -0.05) is 59.6 Å². The molecule has 1 aromatic heterocycles. The minimum Gasteiger partial charge on any atom is -0.468 e. The van der Waals surface area contributed by atoms with Gasteiger partial charge in [-0.15, -0.1) is 5.54 Å². The molecule has 3 aromatic carbocycles. The Morgan fingerprint density at radius 1 is 0.955 bits per heavy atom. The van der Waals surface area contributed by atoms with E-state index in [0.717, 1.165) is 57.9 Å². The Bertz CT molecular complexity index is 2430. The Kier molecular flexibility index (Phi) is 15.3. The van der Waals surface area contributed by atoms with Gasteiger partial charge in [-0.05, 0) is 119 Å². The first kappa shape index (κ1) is 49.1. The highest BCUT2D eigenvalue weighted by Gasteiger charge is 2.45. The minimum atomic E-state index is -2.20. The molecule has 4 heterocycles. The van der Waals surface area contributed by atoms with Crippen LogP contribution in [0.2, 0.25) is 16.6 Å². The van der Waals surface area contributed by atoms with Gasteiger partial charge in [-0.25, -0.2) is 13.6 Å². The number of benzene rings is 3. The van der Waals surface area contributed by atoms with Crippen molar-refractivity contribution in [3.8, 4) is 34.4 Å². The van der Waals surface area contributed by atoms with Gasteiger partial charge >= 0.3 is 12.1 Å². The summed E-state index contributed by atoms with van der Waals surface area (Å²) >= 11 is 0. The van der Waals surface area contributed by atoms with Crippen molar-refractivity contribution in [2.45, 2.75) is 148 Å². The summed E-state index contributed by atoms with van der Waals surface area (Å²) in [6.07, 6.45) is 6.32. The van der Waals surface area contributed by atoms with Crippen molar-refractivity contribution < 1.29 is 37.3 Å². The predicted molar refractivity (Wildman–Crippen MR) is 260 cm³/mol. The number of amides is 1. The molecular weight excluding hydrogens is 857 g/mol. The number of aromatic nitrogens is 2. The van der Waals surface area contributed by atoms with E-state index in [4.69, 9.17) is 28.9 Å². The maximum Gasteiger partial charge on any atom is 0.410 e. The molecule has 3 atom stereocenters. The Balaban J connectivity index is 1.37. The molecule has 3 aliphatic heterocycles. The fourth-order valence-electron chi connectivity index (χ4n) is 11.0. The smallest absolute Gasteiger partial charge is 0.410 e. The second-order valence-electron chi connectivity index (χ2n) is 20.3. The van der Waals surface area contributed by atoms with Gasteiger partial charge in [-0.3, -0.25) is 9.80 Å². The van der Waals surface area contributed by atoms with Crippen LogP contribution in [-0.2, 0) is 14.3 Å². The number of aldehydes is 1. The summed E-state index contributed by atoms with van der Waals surface area (Å²) in [7, 11) is -0.680. The molecule has 3 saturated heterocycles. The molecule has 0 radical (unpaired) electrons. The lowest BCUT2D eigenvalue weighted by Gasteiger charge is -2.42. The van der Waals surface area contributed by atoms with E-state index in [9.17, 15) is 9.59 Å².